The number of amides is 2. The highest BCUT2D eigenvalue weighted by atomic mass is 32.2. The molecule has 2 aromatic carbocycles. The van der Waals surface area contributed by atoms with E-state index in [1.807, 2.05) is 62.4 Å². The van der Waals surface area contributed by atoms with Crippen molar-refractivity contribution in [1.82, 2.24) is 0 Å². The minimum absolute atomic E-state index is 0.0714. The van der Waals surface area contributed by atoms with Gasteiger partial charge in [-0.3, -0.25) is 14.5 Å². The fraction of sp³-hybridized carbons (Fsp3) is 0.300. The van der Waals surface area contributed by atoms with Crippen LogP contribution in [0.1, 0.15) is 26.3 Å². The van der Waals surface area contributed by atoms with Crippen molar-refractivity contribution < 1.29 is 9.59 Å². The maximum absolute atomic E-state index is 13.2. The topological polar surface area (TPSA) is 49.4 Å². The standard InChI is InChI=1S/C20H22N2O2S/c1-13-9-11-15(12-10-13)25-14(2)18(23)22-17-8-6-5-7-16(17)21-19(24)20(22,3)4/h5-12,14H,1-4H3,(H,21,24). The maximum Gasteiger partial charge on any atom is 0.250 e. The molecule has 130 valence electrons. The molecule has 0 aliphatic carbocycles. The smallest absolute Gasteiger partial charge is 0.250 e. The number of fused-ring (bicyclic) bond motifs is 1. The van der Waals surface area contributed by atoms with Gasteiger partial charge in [0.1, 0.15) is 5.54 Å². The monoisotopic (exact) mass is 354 g/mol. The van der Waals surface area contributed by atoms with Crippen LogP contribution in [0.25, 0.3) is 0 Å². The van der Waals surface area contributed by atoms with E-state index < -0.39 is 5.54 Å². The molecule has 3 rings (SSSR count). The van der Waals surface area contributed by atoms with Gasteiger partial charge in [-0.05, 0) is 52.0 Å². The summed E-state index contributed by atoms with van der Waals surface area (Å²) in [5.74, 6) is -0.245. The number of hydrogen-bond acceptors (Lipinski definition) is 3. The van der Waals surface area contributed by atoms with Gasteiger partial charge < -0.3 is 5.32 Å². The molecule has 0 saturated carbocycles. The van der Waals surface area contributed by atoms with Crippen LogP contribution in [0.15, 0.2) is 53.4 Å². The van der Waals surface area contributed by atoms with Crippen molar-refractivity contribution in [2.45, 2.75) is 43.4 Å². The zero-order valence-corrected chi connectivity index (χ0v) is 15.7. The molecule has 1 heterocycles. The van der Waals surface area contributed by atoms with E-state index in [9.17, 15) is 9.59 Å². The number of carbonyl (C=O) groups excluding carboxylic acids is 2. The fourth-order valence-corrected chi connectivity index (χ4v) is 3.81. The molecular formula is C20H22N2O2S. The number of thioether (sulfide) groups is 1. The highest BCUT2D eigenvalue weighted by molar-refractivity contribution is 8.00. The molecule has 0 spiro atoms. The first-order chi connectivity index (χ1) is 11.8. The molecule has 1 atom stereocenters. The van der Waals surface area contributed by atoms with Gasteiger partial charge in [0.15, 0.2) is 0 Å². The Labute approximate surface area is 152 Å². The predicted octanol–water partition coefficient (Wildman–Crippen LogP) is 4.24. The Hall–Kier alpha value is -2.27. The van der Waals surface area contributed by atoms with E-state index in [1.165, 1.54) is 17.3 Å². The summed E-state index contributed by atoms with van der Waals surface area (Å²) in [6.07, 6.45) is 0. The van der Waals surface area contributed by atoms with Crippen LogP contribution in [0.3, 0.4) is 0 Å². The molecule has 0 radical (unpaired) electrons. The first kappa shape index (κ1) is 17.5. The number of carbonyl (C=O) groups is 2. The molecule has 0 saturated heterocycles. The Morgan fingerprint density at radius 1 is 1.12 bits per heavy atom. The SMILES string of the molecule is Cc1ccc(SC(C)C(=O)N2c3ccccc3NC(=O)C2(C)C)cc1. The molecule has 1 aliphatic heterocycles. The molecule has 1 N–H and O–H groups in total. The lowest BCUT2D eigenvalue weighted by Gasteiger charge is -2.43. The van der Waals surface area contributed by atoms with E-state index in [1.54, 1.807) is 18.7 Å². The van der Waals surface area contributed by atoms with Gasteiger partial charge in [-0.25, -0.2) is 0 Å². The lowest BCUT2D eigenvalue weighted by molar-refractivity contribution is -0.126. The third-order valence-corrected chi connectivity index (χ3v) is 5.51. The molecule has 2 aromatic rings. The van der Waals surface area contributed by atoms with Crippen LogP contribution in [0.4, 0.5) is 11.4 Å². The minimum Gasteiger partial charge on any atom is -0.322 e. The minimum atomic E-state index is -0.937. The Balaban J connectivity index is 1.91. The third-order valence-electron chi connectivity index (χ3n) is 4.41. The van der Waals surface area contributed by atoms with Gasteiger partial charge in [0.2, 0.25) is 11.8 Å². The van der Waals surface area contributed by atoms with Crippen molar-refractivity contribution in [3.8, 4) is 0 Å². The van der Waals surface area contributed by atoms with Crippen LogP contribution in [0.2, 0.25) is 0 Å². The summed E-state index contributed by atoms with van der Waals surface area (Å²) in [5, 5.41) is 2.59. The average molecular weight is 354 g/mol. The van der Waals surface area contributed by atoms with Crippen LogP contribution in [-0.4, -0.2) is 22.6 Å². The molecule has 5 heteroatoms. The van der Waals surface area contributed by atoms with Gasteiger partial charge in [0, 0.05) is 4.90 Å². The summed E-state index contributed by atoms with van der Waals surface area (Å²) in [4.78, 5) is 28.4. The molecule has 2 amide bonds. The Bertz CT molecular complexity index is 815. The summed E-state index contributed by atoms with van der Waals surface area (Å²) in [7, 11) is 0. The largest absolute Gasteiger partial charge is 0.322 e. The van der Waals surface area contributed by atoms with Gasteiger partial charge >= 0.3 is 0 Å². The van der Waals surface area contributed by atoms with E-state index in [0.29, 0.717) is 5.69 Å². The van der Waals surface area contributed by atoms with Gasteiger partial charge in [0.05, 0.1) is 16.6 Å². The summed E-state index contributed by atoms with van der Waals surface area (Å²) < 4.78 is 0. The molecule has 1 aliphatic rings. The van der Waals surface area contributed by atoms with Crippen molar-refractivity contribution in [2.75, 3.05) is 10.2 Å². The predicted molar refractivity (Wildman–Crippen MR) is 103 cm³/mol. The van der Waals surface area contributed by atoms with Gasteiger partial charge in [-0.15, -0.1) is 11.8 Å². The number of nitrogens with one attached hydrogen (secondary N) is 1. The zero-order chi connectivity index (χ0) is 18.2. The second-order valence-corrected chi connectivity index (χ2v) is 8.19. The van der Waals surface area contributed by atoms with Gasteiger partial charge in [0.25, 0.3) is 0 Å². The van der Waals surface area contributed by atoms with Crippen LogP contribution in [0.5, 0.6) is 0 Å². The quantitative estimate of drug-likeness (QED) is 0.839. The van der Waals surface area contributed by atoms with Crippen LogP contribution >= 0.6 is 11.8 Å². The lowest BCUT2D eigenvalue weighted by Crippen LogP contribution is -2.60. The van der Waals surface area contributed by atoms with Crippen molar-refractivity contribution >= 4 is 35.0 Å². The normalized spacial score (nSPS) is 16.8. The highest BCUT2D eigenvalue weighted by Crippen LogP contribution is 2.38. The summed E-state index contributed by atoms with van der Waals surface area (Å²) in [5.41, 5.74) is 1.67. The third kappa shape index (κ3) is 3.29. The summed E-state index contributed by atoms with van der Waals surface area (Å²) in [6.45, 7) is 7.48. The number of rotatable bonds is 3. The molecule has 1 unspecified atom stereocenters. The van der Waals surface area contributed by atoms with E-state index in [-0.39, 0.29) is 17.1 Å². The second-order valence-electron chi connectivity index (χ2n) is 6.78. The number of para-hydroxylation sites is 2. The highest BCUT2D eigenvalue weighted by Gasteiger charge is 2.44. The molecule has 0 bridgehead atoms. The van der Waals surface area contributed by atoms with Gasteiger partial charge in [-0.1, -0.05) is 29.8 Å². The first-order valence-electron chi connectivity index (χ1n) is 8.28. The van der Waals surface area contributed by atoms with Crippen molar-refractivity contribution in [3.05, 3.63) is 54.1 Å². The number of nitrogens with zero attached hydrogens (tertiary/aromatic N) is 1. The first-order valence-corrected chi connectivity index (χ1v) is 9.16. The van der Waals surface area contributed by atoms with E-state index in [4.69, 9.17) is 0 Å². The van der Waals surface area contributed by atoms with Crippen LogP contribution in [0, 0.1) is 6.92 Å². The molecule has 25 heavy (non-hydrogen) atoms. The van der Waals surface area contributed by atoms with Crippen LogP contribution < -0.4 is 10.2 Å². The number of anilines is 2. The second kappa shape index (κ2) is 6.56. The Morgan fingerprint density at radius 2 is 1.76 bits per heavy atom. The Kier molecular flexibility index (Phi) is 4.60. The number of benzene rings is 2. The summed E-state index contributed by atoms with van der Waals surface area (Å²) >= 11 is 1.51. The Morgan fingerprint density at radius 3 is 2.44 bits per heavy atom. The lowest BCUT2D eigenvalue weighted by atomic mass is 9.96. The van der Waals surface area contributed by atoms with Crippen molar-refractivity contribution in [1.29, 1.82) is 0 Å². The van der Waals surface area contributed by atoms with Crippen LogP contribution in [-0.2, 0) is 9.59 Å². The van der Waals surface area contributed by atoms with Gasteiger partial charge in [-0.2, -0.15) is 0 Å². The molecular weight excluding hydrogens is 332 g/mol. The van der Waals surface area contributed by atoms with E-state index >= 15 is 0 Å². The number of aryl methyl sites for hydroxylation is 1. The van der Waals surface area contributed by atoms with E-state index in [0.717, 1.165) is 10.6 Å². The fourth-order valence-electron chi connectivity index (χ4n) is 2.90. The van der Waals surface area contributed by atoms with Crippen molar-refractivity contribution in [2.24, 2.45) is 0 Å². The summed E-state index contributed by atoms with van der Waals surface area (Å²) in [6, 6.07) is 15.5. The molecule has 0 fully saturated rings. The van der Waals surface area contributed by atoms with Crippen molar-refractivity contribution in [3.63, 3.8) is 0 Å². The molecule has 0 aromatic heterocycles. The number of hydrogen-bond donors (Lipinski definition) is 1. The average Bonchev–Trinajstić information content (AvgIpc) is 2.57. The van der Waals surface area contributed by atoms with E-state index in [2.05, 4.69) is 5.32 Å². The molecule has 4 nitrogen and oxygen atoms in total. The zero-order valence-electron chi connectivity index (χ0n) is 14.9. The maximum atomic E-state index is 13.2.